The molecule has 0 atom stereocenters. The first-order chi connectivity index (χ1) is 8.58. The van der Waals surface area contributed by atoms with Crippen LogP contribution >= 0.6 is 0 Å². The van der Waals surface area contributed by atoms with Crippen LogP contribution in [0.25, 0.3) is 0 Å². The third-order valence-corrected chi connectivity index (χ3v) is 3.96. The van der Waals surface area contributed by atoms with E-state index in [4.69, 9.17) is 0 Å². The smallest absolute Gasteiger partial charge is 0.177 e. The fraction of sp³-hybridized carbons (Fsp3) is 0.562. The standard InChI is InChI=1S/C16H23NO/c1-12-9-14(3)15(10-13(12)2)16(18)11-17-7-5-4-6-8-17/h9-10H,4-8,11H2,1-3H3. The summed E-state index contributed by atoms with van der Waals surface area (Å²) in [5, 5.41) is 0. The summed E-state index contributed by atoms with van der Waals surface area (Å²) >= 11 is 0. The predicted molar refractivity (Wildman–Crippen MR) is 75.3 cm³/mol. The molecule has 0 radical (unpaired) electrons. The van der Waals surface area contributed by atoms with Crippen molar-refractivity contribution in [2.24, 2.45) is 0 Å². The van der Waals surface area contributed by atoms with Gasteiger partial charge < -0.3 is 0 Å². The van der Waals surface area contributed by atoms with Crippen LogP contribution in [0, 0.1) is 20.8 Å². The van der Waals surface area contributed by atoms with E-state index in [0.29, 0.717) is 6.54 Å². The number of likely N-dealkylation sites (tertiary alicyclic amines) is 1. The Bertz CT molecular complexity index is 445. The molecule has 0 unspecified atom stereocenters. The van der Waals surface area contributed by atoms with Crippen molar-refractivity contribution in [3.63, 3.8) is 0 Å². The summed E-state index contributed by atoms with van der Waals surface area (Å²) in [6, 6.07) is 4.18. The Morgan fingerprint density at radius 1 is 1.00 bits per heavy atom. The van der Waals surface area contributed by atoms with E-state index in [-0.39, 0.29) is 5.78 Å². The van der Waals surface area contributed by atoms with Crippen molar-refractivity contribution in [2.45, 2.75) is 40.0 Å². The lowest BCUT2D eigenvalue weighted by atomic mass is 9.97. The van der Waals surface area contributed by atoms with E-state index in [9.17, 15) is 4.79 Å². The molecule has 0 N–H and O–H groups in total. The molecule has 0 saturated carbocycles. The minimum Gasteiger partial charge on any atom is -0.296 e. The van der Waals surface area contributed by atoms with Gasteiger partial charge in [-0.3, -0.25) is 9.69 Å². The Balaban J connectivity index is 2.10. The molecule has 0 aromatic heterocycles. The molecule has 18 heavy (non-hydrogen) atoms. The monoisotopic (exact) mass is 245 g/mol. The van der Waals surface area contributed by atoms with E-state index in [2.05, 4.69) is 30.9 Å². The molecule has 1 aromatic carbocycles. The van der Waals surface area contributed by atoms with Gasteiger partial charge in [-0.1, -0.05) is 12.5 Å². The molecule has 1 aliphatic heterocycles. The molecule has 0 bridgehead atoms. The normalized spacial score (nSPS) is 16.8. The van der Waals surface area contributed by atoms with Crippen LogP contribution in [0.3, 0.4) is 0 Å². The van der Waals surface area contributed by atoms with Gasteiger partial charge in [0.2, 0.25) is 0 Å². The summed E-state index contributed by atoms with van der Waals surface area (Å²) in [6.07, 6.45) is 3.78. The van der Waals surface area contributed by atoms with Gasteiger partial charge in [0, 0.05) is 5.56 Å². The van der Waals surface area contributed by atoms with Crippen molar-refractivity contribution in [2.75, 3.05) is 19.6 Å². The molecule has 1 saturated heterocycles. The molecule has 2 heteroatoms. The van der Waals surface area contributed by atoms with Crippen LogP contribution in [-0.4, -0.2) is 30.3 Å². The average Bonchev–Trinajstić information content (AvgIpc) is 2.35. The second-order valence-electron chi connectivity index (χ2n) is 5.51. The number of ketones is 1. The molecule has 1 aliphatic rings. The first-order valence-corrected chi connectivity index (χ1v) is 6.91. The van der Waals surface area contributed by atoms with Crippen molar-refractivity contribution in [3.8, 4) is 0 Å². The SMILES string of the molecule is Cc1cc(C)c(C(=O)CN2CCCCC2)cc1C. The van der Waals surface area contributed by atoms with E-state index in [0.717, 1.165) is 24.2 Å². The van der Waals surface area contributed by atoms with Gasteiger partial charge in [-0.05, 0) is 69.5 Å². The zero-order valence-corrected chi connectivity index (χ0v) is 11.8. The van der Waals surface area contributed by atoms with E-state index in [1.807, 2.05) is 6.92 Å². The van der Waals surface area contributed by atoms with Gasteiger partial charge in [0.25, 0.3) is 0 Å². The largest absolute Gasteiger partial charge is 0.296 e. The third kappa shape index (κ3) is 2.99. The molecule has 1 heterocycles. The molecule has 1 aromatic rings. The van der Waals surface area contributed by atoms with E-state index in [1.165, 1.54) is 30.4 Å². The number of rotatable bonds is 3. The first-order valence-electron chi connectivity index (χ1n) is 6.91. The fourth-order valence-corrected chi connectivity index (χ4v) is 2.67. The number of hydrogen-bond donors (Lipinski definition) is 0. The van der Waals surface area contributed by atoms with Crippen LogP contribution in [0.4, 0.5) is 0 Å². The van der Waals surface area contributed by atoms with E-state index >= 15 is 0 Å². The number of carbonyl (C=O) groups excluding carboxylic acids is 1. The maximum Gasteiger partial charge on any atom is 0.177 e. The van der Waals surface area contributed by atoms with Crippen LogP contribution in [-0.2, 0) is 0 Å². The summed E-state index contributed by atoms with van der Waals surface area (Å²) < 4.78 is 0. The zero-order chi connectivity index (χ0) is 13.1. The number of benzene rings is 1. The summed E-state index contributed by atoms with van der Waals surface area (Å²) in [5.74, 6) is 0.275. The Kier molecular flexibility index (Phi) is 4.18. The molecule has 0 spiro atoms. The number of nitrogens with zero attached hydrogens (tertiary/aromatic N) is 1. The fourth-order valence-electron chi connectivity index (χ4n) is 2.67. The van der Waals surface area contributed by atoms with Gasteiger partial charge in [-0.2, -0.15) is 0 Å². The highest BCUT2D eigenvalue weighted by Gasteiger charge is 2.16. The van der Waals surface area contributed by atoms with Gasteiger partial charge in [-0.15, -0.1) is 0 Å². The molecule has 98 valence electrons. The highest BCUT2D eigenvalue weighted by atomic mass is 16.1. The second-order valence-corrected chi connectivity index (χ2v) is 5.51. The van der Waals surface area contributed by atoms with Crippen molar-refractivity contribution in [1.29, 1.82) is 0 Å². The van der Waals surface area contributed by atoms with Gasteiger partial charge >= 0.3 is 0 Å². The van der Waals surface area contributed by atoms with Crippen molar-refractivity contribution >= 4 is 5.78 Å². The maximum atomic E-state index is 12.4. The Morgan fingerprint density at radius 3 is 2.28 bits per heavy atom. The summed E-state index contributed by atoms with van der Waals surface area (Å²) in [5.41, 5.74) is 4.49. The first kappa shape index (κ1) is 13.3. The minimum absolute atomic E-state index is 0.275. The molecular formula is C16H23NO. The Hall–Kier alpha value is -1.15. The lowest BCUT2D eigenvalue weighted by Crippen LogP contribution is -2.34. The van der Waals surface area contributed by atoms with Crippen LogP contribution in [0.5, 0.6) is 0 Å². The van der Waals surface area contributed by atoms with E-state index in [1.54, 1.807) is 0 Å². The van der Waals surface area contributed by atoms with Crippen molar-refractivity contribution < 1.29 is 4.79 Å². The summed E-state index contributed by atoms with van der Waals surface area (Å²) in [7, 11) is 0. The van der Waals surface area contributed by atoms with Gasteiger partial charge in [0.1, 0.15) is 0 Å². The molecule has 1 fully saturated rings. The van der Waals surface area contributed by atoms with Gasteiger partial charge in [-0.25, -0.2) is 0 Å². The van der Waals surface area contributed by atoms with Crippen LogP contribution in [0.1, 0.15) is 46.3 Å². The number of carbonyl (C=O) groups is 1. The van der Waals surface area contributed by atoms with Crippen molar-refractivity contribution in [3.05, 3.63) is 34.4 Å². The Labute approximate surface area is 110 Å². The molecule has 0 aliphatic carbocycles. The average molecular weight is 245 g/mol. The van der Waals surface area contributed by atoms with E-state index < -0.39 is 0 Å². The number of aryl methyl sites for hydroxylation is 3. The highest BCUT2D eigenvalue weighted by Crippen LogP contribution is 2.17. The van der Waals surface area contributed by atoms with Crippen LogP contribution < -0.4 is 0 Å². The predicted octanol–water partition coefficient (Wildman–Crippen LogP) is 3.28. The number of Topliss-reactive ketones (excluding diaryl/α,β-unsaturated/α-hetero) is 1. The minimum atomic E-state index is 0.275. The highest BCUT2D eigenvalue weighted by molar-refractivity contribution is 5.99. The summed E-state index contributed by atoms with van der Waals surface area (Å²) in [4.78, 5) is 14.6. The molecule has 2 rings (SSSR count). The van der Waals surface area contributed by atoms with Crippen molar-refractivity contribution in [1.82, 2.24) is 4.90 Å². The lowest BCUT2D eigenvalue weighted by molar-refractivity contribution is 0.0915. The topological polar surface area (TPSA) is 20.3 Å². The number of hydrogen-bond acceptors (Lipinski definition) is 2. The van der Waals surface area contributed by atoms with Crippen LogP contribution in [0.15, 0.2) is 12.1 Å². The van der Waals surface area contributed by atoms with Crippen LogP contribution in [0.2, 0.25) is 0 Å². The molecule has 0 amide bonds. The van der Waals surface area contributed by atoms with Gasteiger partial charge in [0.15, 0.2) is 5.78 Å². The van der Waals surface area contributed by atoms with Gasteiger partial charge in [0.05, 0.1) is 6.54 Å². The molecular weight excluding hydrogens is 222 g/mol. The summed E-state index contributed by atoms with van der Waals surface area (Å²) in [6.45, 7) is 8.96. The maximum absolute atomic E-state index is 12.4. The molecule has 2 nitrogen and oxygen atoms in total. The lowest BCUT2D eigenvalue weighted by Gasteiger charge is -2.25. The Morgan fingerprint density at radius 2 is 1.61 bits per heavy atom. The zero-order valence-electron chi connectivity index (χ0n) is 11.8. The number of piperidine rings is 1. The quantitative estimate of drug-likeness (QED) is 0.762. The second kappa shape index (κ2) is 5.66. The third-order valence-electron chi connectivity index (χ3n) is 3.96.